The standard InChI is InChI=1S/C11H16.C2H6/c1-5-9-11(8-4)10(6-2)7-3;1-2/h5-6,8-9H,2,4,7H2,1,3H3;1-2H3/b9-5-,11-10-;. The van der Waals surface area contributed by atoms with Gasteiger partial charge in [0.1, 0.15) is 0 Å². The van der Waals surface area contributed by atoms with E-state index in [-0.39, 0.29) is 0 Å². The van der Waals surface area contributed by atoms with Crippen LogP contribution in [0.2, 0.25) is 0 Å². The lowest BCUT2D eigenvalue weighted by molar-refractivity contribution is 1.14. The summed E-state index contributed by atoms with van der Waals surface area (Å²) in [6, 6.07) is 0. The Balaban J connectivity index is 0. The molecule has 0 heterocycles. The van der Waals surface area contributed by atoms with E-state index in [1.54, 1.807) is 0 Å². The monoisotopic (exact) mass is 178 g/mol. The van der Waals surface area contributed by atoms with Crippen LogP contribution in [0.3, 0.4) is 0 Å². The smallest absolute Gasteiger partial charge is 0.0234 e. The van der Waals surface area contributed by atoms with E-state index in [1.807, 2.05) is 45.1 Å². The van der Waals surface area contributed by atoms with Gasteiger partial charge in [-0.15, -0.1) is 0 Å². The van der Waals surface area contributed by atoms with Crippen molar-refractivity contribution < 1.29 is 0 Å². The number of hydrogen-bond donors (Lipinski definition) is 0. The van der Waals surface area contributed by atoms with Crippen LogP contribution in [0.25, 0.3) is 0 Å². The Morgan fingerprint density at radius 1 is 1.15 bits per heavy atom. The maximum Gasteiger partial charge on any atom is -0.0234 e. The third-order valence-electron chi connectivity index (χ3n) is 1.56. The molecule has 0 aliphatic carbocycles. The molecule has 13 heavy (non-hydrogen) atoms. The van der Waals surface area contributed by atoms with Gasteiger partial charge in [0, 0.05) is 0 Å². The zero-order chi connectivity index (χ0) is 10.7. The minimum atomic E-state index is 1.01. The molecule has 0 spiro atoms. The first-order valence-electron chi connectivity index (χ1n) is 4.90. The van der Waals surface area contributed by atoms with Crippen molar-refractivity contribution in [3.05, 3.63) is 48.6 Å². The molecule has 0 aliphatic heterocycles. The van der Waals surface area contributed by atoms with Crippen LogP contribution in [-0.2, 0) is 0 Å². The summed E-state index contributed by atoms with van der Waals surface area (Å²) < 4.78 is 0. The van der Waals surface area contributed by atoms with Crippen molar-refractivity contribution in [2.45, 2.75) is 34.1 Å². The Bertz CT molecular complexity index is 192. The van der Waals surface area contributed by atoms with Crippen molar-refractivity contribution in [3.8, 4) is 0 Å². The lowest BCUT2D eigenvalue weighted by Crippen LogP contribution is -1.80. The predicted molar refractivity (Wildman–Crippen MR) is 63.9 cm³/mol. The molecule has 0 amide bonds. The van der Waals surface area contributed by atoms with Gasteiger partial charge in [0.25, 0.3) is 0 Å². The normalized spacial score (nSPS) is 11.4. The van der Waals surface area contributed by atoms with E-state index in [9.17, 15) is 0 Å². The molecule has 0 aromatic heterocycles. The number of rotatable bonds is 4. The molecular weight excluding hydrogens is 156 g/mol. The van der Waals surface area contributed by atoms with Gasteiger partial charge in [-0.3, -0.25) is 0 Å². The van der Waals surface area contributed by atoms with E-state index < -0.39 is 0 Å². The van der Waals surface area contributed by atoms with Crippen LogP contribution in [0.1, 0.15) is 34.1 Å². The van der Waals surface area contributed by atoms with Crippen LogP contribution >= 0.6 is 0 Å². The molecule has 0 fully saturated rings. The van der Waals surface area contributed by atoms with Gasteiger partial charge in [-0.25, -0.2) is 0 Å². The SMILES string of the molecule is C=CC(/C=C\C)=C(\C=C)CC.CC. The Morgan fingerprint density at radius 3 is 1.92 bits per heavy atom. The second kappa shape index (κ2) is 11.0. The molecule has 0 nitrogen and oxygen atoms in total. The van der Waals surface area contributed by atoms with Crippen LogP contribution in [0.15, 0.2) is 48.6 Å². The maximum absolute atomic E-state index is 3.74. The van der Waals surface area contributed by atoms with Gasteiger partial charge < -0.3 is 0 Å². The highest BCUT2D eigenvalue weighted by atomic mass is 14.0. The van der Waals surface area contributed by atoms with Crippen molar-refractivity contribution in [2.24, 2.45) is 0 Å². The van der Waals surface area contributed by atoms with Gasteiger partial charge in [-0.05, 0) is 24.5 Å². The third-order valence-corrected chi connectivity index (χ3v) is 1.56. The Kier molecular flexibility index (Phi) is 12.2. The van der Waals surface area contributed by atoms with E-state index in [2.05, 4.69) is 20.1 Å². The molecule has 0 unspecified atom stereocenters. The summed E-state index contributed by atoms with van der Waals surface area (Å²) in [5, 5.41) is 0. The van der Waals surface area contributed by atoms with Crippen molar-refractivity contribution in [3.63, 3.8) is 0 Å². The number of allylic oxidation sites excluding steroid dienone is 6. The second-order valence-corrected chi connectivity index (χ2v) is 2.24. The zero-order valence-corrected chi connectivity index (χ0v) is 9.43. The summed E-state index contributed by atoms with van der Waals surface area (Å²) in [7, 11) is 0. The summed E-state index contributed by atoms with van der Waals surface area (Å²) in [6.07, 6.45) is 8.82. The van der Waals surface area contributed by atoms with Gasteiger partial charge in [-0.2, -0.15) is 0 Å². The fourth-order valence-corrected chi connectivity index (χ4v) is 0.952. The van der Waals surface area contributed by atoms with Crippen LogP contribution in [0.5, 0.6) is 0 Å². The molecule has 0 atom stereocenters. The van der Waals surface area contributed by atoms with Crippen LogP contribution in [0, 0.1) is 0 Å². The van der Waals surface area contributed by atoms with E-state index in [0.717, 1.165) is 6.42 Å². The topological polar surface area (TPSA) is 0 Å². The second-order valence-electron chi connectivity index (χ2n) is 2.24. The van der Waals surface area contributed by atoms with Crippen molar-refractivity contribution in [1.82, 2.24) is 0 Å². The van der Waals surface area contributed by atoms with Crippen LogP contribution < -0.4 is 0 Å². The van der Waals surface area contributed by atoms with Gasteiger partial charge in [-0.1, -0.05) is 58.2 Å². The number of hydrogen-bond acceptors (Lipinski definition) is 0. The average Bonchev–Trinajstić information content (AvgIpc) is 2.21. The van der Waals surface area contributed by atoms with Crippen molar-refractivity contribution >= 4 is 0 Å². The Morgan fingerprint density at radius 2 is 1.69 bits per heavy atom. The minimum absolute atomic E-state index is 1.01. The highest BCUT2D eigenvalue weighted by molar-refractivity contribution is 5.38. The lowest BCUT2D eigenvalue weighted by atomic mass is 10.1. The van der Waals surface area contributed by atoms with Gasteiger partial charge >= 0.3 is 0 Å². The molecule has 0 aromatic carbocycles. The summed E-state index contributed by atoms with van der Waals surface area (Å²) in [5.41, 5.74) is 2.42. The van der Waals surface area contributed by atoms with Gasteiger partial charge in [0.05, 0.1) is 0 Å². The van der Waals surface area contributed by atoms with E-state index in [1.165, 1.54) is 11.1 Å². The Hall–Kier alpha value is -1.04. The first-order chi connectivity index (χ1) is 6.29. The summed E-state index contributed by atoms with van der Waals surface area (Å²) in [5.74, 6) is 0. The van der Waals surface area contributed by atoms with Crippen molar-refractivity contribution in [1.29, 1.82) is 0 Å². The zero-order valence-electron chi connectivity index (χ0n) is 9.43. The highest BCUT2D eigenvalue weighted by Gasteiger charge is 1.92. The van der Waals surface area contributed by atoms with E-state index in [0.29, 0.717) is 0 Å². The first kappa shape index (κ1) is 14.5. The molecule has 0 saturated heterocycles. The van der Waals surface area contributed by atoms with Crippen molar-refractivity contribution in [2.75, 3.05) is 0 Å². The molecule has 0 N–H and O–H groups in total. The van der Waals surface area contributed by atoms with Gasteiger partial charge in [0.2, 0.25) is 0 Å². The minimum Gasteiger partial charge on any atom is -0.0988 e. The fraction of sp³-hybridized carbons (Fsp3) is 0.385. The summed E-state index contributed by atoms with van der Waals surface area (Å²) >= 11 is 0. The molecule has 0 heteroatoms. The molecule has 74 valence electrons. The quantitative estimate of drug-likeness (QED) is 0.549. The Labute approximate surface area is 83.4 Å². The van der Waals surface area contributed by atoms with E-state index >= 15 is 0 Å². The predicted octanol–water partition coefficient (Wildman–Crippen LogP) is 4.67. The third kappa shape index (κ3) is 6.15. The molecular formula is C13H22. The largest absolute Gasteiger partial charge is 0.0988 e. The first-order valence-corrected chi connectivity index (χ1v) is 4.90. The molecule has 0 saturated carbocycles. The highest BCUT2D eigenvalue weighted by Crippen LogP contribution is 2.11. The van der Waals surface area contributed by atoms with E-state index in [4.69, 9.17) is 0 Å². The lowest BCUT2D eigenvalue weighted by Gasteiger charge is -2.00. The summed E-state index contributed by atoms with van der Waals surface area (Å²) in [4.78, 5) is 0. The fourth-order valence-electron chi connectivity index (χ4n) is 0.952. The average molecular weight is 178 g/mol. The maximum atomic E-state index is 3.74. The molecule has 0 radical (unpaired) electrons. The molecule has 0 aromatic rings. The molecule has 0 rings (SSSR count). The molecule has 0 bridgehead atoms. The molecule has 0 aliphatic rings. The van der Waals surface area contributed by atoms with Crippen LogP contribution in [-0.4, -0.2) is 0 Å². The summed E-state index contributed by atoms with van der Waals surface area (Å²) in [6.45, 7) is 15.6. The van der Waals surface area contributed by atoms with Gasteiger partial charge in [0.15, 0.2) is 0 Å². The van der Waals surface area contributed by atoms with Crippen LogP contribution in [0.4, 0.5) is 0 Å².